The fourth-order valence-corrected chi connectivity index (χ4v) is 2.01. The van der Waals surface area contributed by atoms with E-state index in [0.29, 0.717) is 5.56 Å². The van der Waals surface area contributed by atoms with Gasteiger partial charge in [0.2, 0.25) is 0 Å². The van der Waals surface area contributed by atoms with E-state index in [4.69, 9.17) is 0 Å². The van der Waals surface area contributed by atoms with Crippen LogP contribution in [-0.2, 0) is 0 Å². The summed E-state index contributed by atoms with van der Waals surface area (Å²) in [6, 6.07) is 5.16. The average Bonchev–Trinajstić information content (AvgIpc) is 2.59. The first-order chi connectivity index (χ1) is 7.16. The van der Waals surface area contributed by atoms with Crippen molar-refractivity contribution >= 4 is 5.69 Å². The highest BCUT2D eigenvalue weighted by molar-refractivity contribution is 5.46. The number of anilines is 1. The number of rotatable bonds is 2. The van der Waals surface area contributed by atoms with E-state index in [1.165, 1.54) is 6.07 Å². The molecule has 2 rings (SSSR count). The van der Waals surface area contributed by atoms with Crippen LogP contribution in [0.3, 0.4) is 0 Å². The maximum absolute atomic E-state index is 13.2. The maximum Gasteiger partial charge on any atom is 0.128 e. The van der Waals surface area contributed by atoms with Crippen molar-refractivity contribution in [3.8, 4) is 0 Å². The number of hydrogen-bond donors (Lipinski definition) is 2. The number of nitrogens with one attached hydrogen (secondary N) is 1. The number of aliphatic hydroxyl groups excluding tert-OH is 1. The van der Waals surface area contributed by atoms with Crippen molar-refractivity contribution in [1.29, 1.82) is 0 Å². The Balaban J connectivity index is 2.07. The Bertz CT molecular complexity index is 353. The summed E-state index contributed by atoms with van der Waals surface area (Å²) in [5.74, 6) is -0.201. The van der Waals surface area contributed by atoms with Gasteiger partial charge >= 0.3 is 0 Å². The van der Waals surface area contributed by atoms with Crippen LogP contribution in [0.1, 0.15) is 24.8 Å². The minimum atomic E-state index is -0.297. The fraction of sp³-hybridized carbons (Fsp3) is 0.500. The molecule has 3 heteroatoms. The zero-order valence-electron chi connectivity index (χ0n) is 8.83. The Kier molecular flexibility index (Phi) is 2.91. The number of halogens is 1. The molecule has 82 valence electrons. The molecule has 0 aromatic heterocycles. The molecule has 1 aromatic rings. The third-order valence-corrected chi connectivity index (χ3v) is 3.00. The maximum atomic E-state index is 13.2. The number of aliphatic hydroxyl groups is 1. The molecule has 0 saturated heterocycles. The lowest BCUT2D eigenvalue weighted by Gasteiger charge is -2.17. The first kappa shape index (κ1) is 10.4. The molecule has 2 N–H and O–H groups in total. The van der Waals surface area contributed by atoms with Gasteiger partial charge in [0.05, 0.1) is 12.1 Å². The molecular formula is C12H16FNO. The molecule has 2 unspecified atom stereocenters. The van der Waals surface area contributed by atoms with Gasteiger partial charge in [-0.05, 0) is 43.9 Å². The summed E-state index contributed by atoms with van der Waals surface area (Å²) in [4.78, 5) is 0. The highest BCUT2D eigenvalue weighted by atomic mass is 19.1. The number of benzene rings is 1. The summed E-state index contributed by atoms with van der Waals surface area (Å²) in [5.41, 5.74) is 1.40. The van der Waals surface area contributed by atoms with Crippen LogP contribution in [0.5, 0.6) is 0 Å². The van der Waals surface area contributed by atoms with E-state index in [1.807, 2.05) is 6.07 Å². The molecule has 0 spiro atoms. The Morgan fingerprint density at radius 2 is 2.20 bits per heavy atom. The van der Waals surface area contributed by atoms with Crippen molar-refractivity contribution in [2.45, 2.75) is 38.3 Å². The van der Waals surface area contributed by atoms with Crippen LogP contribution in [0, 0.1) is 12.7 Å². The highest BCUT2D eigenvalue weighted by Gasteiger charge is 2.24. The van der Waals surface area contributed by atoms with E-state index < -0.39 is 0 Å². The summed E-state index contributed by atoms with van der Waals surface area (Å²) in [5, 5.41) is 12.8. The van der Waals surface area contributed by atoms with Crippen molar-refractivity contribution in [1.82, 2.24) is 0 Å². The van der Waals surface area contributed by atoms with Crippen LogP contribution < -0.4 is 5.32 Å². The molecule has 0 radical (unpaired) electrons. The first-order valence-electron chi connectivity index (χ1n) is 5.37. The second-order valence-corrected chi connectivity index (χ2v) is 4.21. The molecule has 2 nitrogen and oxygen atoms in total. The van der Waals surface area contributed by atoms with Crippen molar-refractivity contribution in [2.24, 2.45) is 0 Å². The third-order valence-electron chi connectivity index (χ3n) is 3.00. The van der Waals surface area contributed by atoms with Gasteiger partial charge in [-0.3, -0.25) is 0 Å². The zero-order valence-corrected chi connectivity index (χ0v) is 8.83. The van der Waals surface area contributed by atoms with Gasteiger partial charge in [-0.25, -0.2) is 4.39 Å². The fourth-order valence-electron chi connectivity index (χ4n) is 2.01. The lowest BCUT2D eigenvalue weighted by molar-refractivity contribution is 0.172. The first-order valence-corrected chi connectivity index (χ1v) is 5.37. The smallest absolute Gasteiger partial charge is 0.128 e. The summed E-state index contributed by atoms with van der Waals surface area (Å²) in [7, 11) is 0. The Morgan fingerprint density at radius 1 is 1.40 bits per heavy atom. The van der Waals surface area contributed by atoms with Gasteiger partial charge in [-0.1, -0.05) is 6.07 Å². The molecular weight excluding hydrogens is 193 g/mol. The summed E-state index contributed by atoms with van der Waals surface area (Å²) < 4.78 is 13.2. The van der Waals surface area contributed by atoms with Gasteiger partial charge in [-0.2, -0.15) is 0 Å². The molecule has 1 aromatic carbocycles. The van der Waals surface area contributed by atoms with Gasteiger partial charge in [-0.15, -0.1) is 0 Å². The van der Waals surface area contributed by atoms with Crippen LogP contribution in [0.4, 0.5) is 10.1 Å². The van der Waals surface area contributed by atoms with Crippen molar-refractivity contribution in [3.63, 3.8) is 0 Å². The Hall–Kier alpha value is -1.09. The molecule has 0 bridgehead atoms. The van der Waals surface area contributed by atoms with Gasteiger partial charge < -0.3 is 10.4 Å². The van der Waals surface area contributed by atoms with E-state index in [9.17, 15) is 9.50 Å². The van der Waals surface area contributed by atoms with Crippen LogP contribution in [0.15, 0.2) is 18.2 Å². The van der Waals surface area contributed by atoms with Crippen molar-refractivity contribution in [3.05, 3.63) is 29.6 Å². The lowest BCUT2D eigenvalue weighted by Crippen LogP contribution is -2.27. The van der Waals surface area contributed by atoms with E-state index in [2.05, 4.69) is 5.32 Å². The molecule has 1 aliphatic carbocycles. The van der Waals surface area contributed by atoms with E-state index in [1.54, 1.807) is 13.0 Å². The number of hydrogen-bond acceptors (Lipinski definition) is 2. The SMILES string of the molecule is Cc1ccc(NC2CCCC2O)cc1F. The van der Waals surface area contributed by atoms with Crippen molar-refractivity contribution < 1.29 is 9.50 Å². The van der Waals surface area contributed by atoms with Gasteiger partial charge in [0.25, 0.3) is 0 Å². The molecule has 2 atom stereocenters. The number of aryl methyl sites for hydroxylation is 1. The third kappa shape index (κ3) is 2.29. The van der Waals surface area contributed by atoms with Crippen LogP contribution in [0.25, 0.3) is 0 Å². The quantitative estimate of drug-likeness (QED) is 0.784. The molecule has 1 saturated carbocycles. The topological polar surface area (TPSA) is 32.3 Å². The monoisotopic (exact) mass is 209 g/mol. The van der Waals surface area contributed by atoms with E-state index >= 15 is 0 Å². The molecule has 15 heavy (non-hydrogen) atoms. The van der Waals surface area contributed by atoms with Gasteiger partial charge in [0.15, 0.2) is 0 Å². The predicted molar refractivity (Wildman–Crippen MR) is 58.4 cm³/mol. The largest absolute Gasteiger partial charge is 0.391 e. The summed E-state index contributed by atoms with van der Waals surface area (Å²) in [6.45, 7) is 1.74. The van der Waals surface area contributed by atoms with Crippen molar-refractivity contribution in [2.75, 3.05) is 5.32 Å². The standard InChI is InChI=1S/C12H16FNO/c1-8-5-6-9(7-10(8)13)14-11-3-2-4-12(11)15/h5-7,11-12,14-15H,2-4H2,1H3. The second-order valence-electron chi connectivity index (χ2n) is 4.21. The molecule has 0 aliphatic heterocycles. The highest BCUT2D eigenvalue weighted by Crippen LogP contribution is 2.23. The van der Waals surface area contributed by atoms with Gasteiger partial charge in [0, 0.05) is 5.69 Å². The molecule has 1 fully saturated rings. The minimum Gasteiger partial charge on any atom is -0.391 e. The Labute approximate surface area is 89.1 Å². The molecule has 0 amide bonds. The second kappa shape index (κ2) is 4.19. The Morgan fingerprint density at radius 3 is 2.80 bits per heavy atom. The minimum absolute atomic E-state index is 0.0760. The van der Waals surface area contributed by atoms with Gasteiger partial charge in [0.1, 0.15) is 5.82 Å². The van der Waals surface area contributed by atoms with Crippen LogP contribution in [-0.4, -0.2) is 17.3 Å². The summed E-state index contributed by atoms with van der Waals surface area (Å²) in [6.07, 6.45) is 2.53. The van der Waals surface area contributed by atoms with E-state index in [0.717, 1.165) is 24.9 Å². The lowest BCUT2D eigenvalue weighted by atomic mass is 10.1. The summed E-state index contributed by atoms with van der Waals surface area (Å²) >= 11 is 0. The van der Waals surface area contributed by atoms with Crippen LogP contribution in [0.2, 0.25) is 0 Å². The van der Waals surface area contributed by atoms with E-state index in [-0.39, 0.29) is 18.0 Å². The molecule has 1 aliphatic rings. The predicted octanol–water partition coefficient (Wildman–Crippen LogP) is 2.46. The normalized spacial score (nSPS) is 25.5. The average molecular weight is 209 g/mol. The van der Waals surface area contributed by atoms with Crippen LogP contribution >= 0.6 is 0 Å². The zero-order chi connectivity index (χ0) is 10.8. The molecule has 0 heterocycles.